The number of thiophene rings is 1. The molecule has 13 heteroatoms. The van der Waals surface area contributed by atoms with Gasteiger partial charge in [-0.25, -0.2) is 13.8 Å². The van der Waals surface area contributed by atoms with E-state index < -0.39 is 28.5 Å². The summed E-state index contributed by atoms with van der Waals surface area (Å²) in [6, 6.07) is 4.27. The molecule has 1 amide bonds. The number of aryl methyl sites for hydroxylation is 3. The average molecular weight is 587 g/mol. The van der Waals surface area contributed by atoms with Crippen molar-refractivity contribution in [2.45, 2.75) is 78.1 Å². The summed E-state index contributed by atoms with van der Waals surface area (Å²) in [6.45, 7) is 8.47. The zero-order chi connectivity index (χ0) is 30.1. The van der Waals surface area contributed by atoms with Gasteiger partial charge >= 0.3 is 5.69 Å². The minimum atomic E-state index is -1.44. The van der Waals surface area contributed by atoms with Gasteiger partial charge in [0.1, 0.15) is 26.9 Å². The molecule has 0 aliphatic heterocycles. The summed E-state index contributed by atoms with van der Waals surface area (Å²) in [5.74, 6) is -0.323. The van der Waals surface area contributed by atoms with Crippen LogP contribution in [0.1, 0.15) is 51.7 Å². The van der Waals surface area contributed by atoms with Gasteiger partial charge in [-0.05, 0) is 77.6 Å². The van der Waals surface area contributed by atoms with Crippen LogP contribution in [0.5, 0.6) is 5.75 Å². The van der Waals surface area contributed by atoms with E-state index in [1.165, 1.54) is 58.4 Å². The first-order valence-electron chi connectivity index (χ1n) is 13.3. The number of hydrogen-bond acceptors (Lipinski definition) is 8. The smallest absolute Gasteiger partial charge is 0.333 e. The first-order chi connectivity index (χ1) is 19.4. The molecule has 4 aromatic rings. The third kappa shape index (κ3) is 6.25. The van der Waals surface area contributed by atoms with Gasteiger partial charge in [-0.3, -0.25) is 14.2 Å². The zero-order valence-electron chi connectivity index (χ0n) is 24.0. The standard InChI is InChI=1S/C25H27FN6O4S.C3H8O/c1-14-19-20(33)31(25(2,3)23(34)29-17-6-7-17)24(35)30(22(19)37-21(14)32-27-10-11-28-32)12-9-15-13-16(26)5-8-18(15)36-4;1-3(2)4/h5,8,10-11,13,17H,6-7,9,12H2,1-4H3,(H,29,34);3-4H,1-2H3. The van der Waals surface area contributed by atoms with Crippen molar-refractivity contribution in [3.8, 4) is 10.8 Å². The Hall–Kier alpha value is -3.84. The van der Waals surface area contributed by atoms with Crippen LogP contribution >= 0.6 is 11.3 Å². The summed E-state index contributed by atoms with van der Waals surface area (Å²) in [5.41, 5.74) is -1.44. The largest absolute Gasteiger partial charge is 0.496 e. The van der Waals surface area contributed by atoms with Crippen LogP contribution in [0.4, 0.5) is 4.39 Å². The van der Waals surface area contributed by atoms with Crippen molar-refractivity contribution in [3.63, 3.8) is 0 Å². The number of benzene rings is 1. The Labute approximate surface area is 240 Å². The number of amides is 1. The number of fused-ring (bicyclic) bond motifs is 1. The lowest BCUT2D eigenvalue weighted by molar-refractivity contribution is -0.128. The highest BCUT2D eigenvalue weighted by molar-refractivity contribution is 7.21. The number of ether oxygens (including phenoxy) is 1. The molecule has 1 fully saturated rings. The Morgan fingerprint density at radius 2 is 1.88 bits per heavy atom. The number of rotatable bonds is 8. The van der Waals surface area contributed by atoms with Crippen LogP contribution in [0.15, 0.2) is 40.2 Å². The maximum absolute atomic E-state index is 14.0. The summed E-state index contributed by atoms with van der Waals surface area (Å²) in [7, 11) is 1.49. The lowest BCUT2D eigenvalue weighted by Crippen LogP contribution is -2.56. The van der Waals surface area contributed by atoms with Gasteiger partial charge in [-0.1, -0.05) is 11.3 Å². The number of aliphatic hydroxyl groups excluding tert-OH is 1. The number of hydrogen-bond donors (Lipinski definition) is 2. The van der Waals surface area contributed by atoms with E-state index in [1.54, 1.807) is 34.6 Å². The summed E-state index contributed by atoms with van der Waals surface area (Å²) < 4.78 is 21.9. The maximum Gasteiger partial charge on any atom is 0.333 e. The number of carbonyl (C=O) groups excluding carboxylic acids is 1. The number of nitrogens with one attached hydrogen (secondary N) is 1. The molecule has 5 rings (SSSR count). The lowest BCUT2D eigenvalue weighted by atomic mass is 10.0. The SMILES string of the molecule is CC(C)O.COc1ccc(F)cc1CCn1c(=O)n(C(C)(C)C(=O)NC2CC2)c(=O)c2c(C)c(-n3nccn3)sc21. The molecular formula is C28H35FN6O5S. The third-order valence-corrected chi connectivity index (χ3v) is 7.94. The number of aromatic nitrogens is 5. The number of carbonyl (C=O) groups is 1. The highest BCUT2D eigenvalue weighted by Gasteiger charge is 2.38. The Kier molecular flexibility index (Phi) is 8.78. The highest BCUT2D eigenvalue weighted by Crippen LogP contribution is 2.31. The van der Waals surface area contributed by atoms with Crippen LogP contribution in [0, 0.1) is 12.7 Å². The molecule has 0 radical (unpaired) electrons. The van der Waals surface area contributed by atoms with E-state index in [1.807, 2.05) is 0 Å². The first-order valence-corrected chi connectivity index (χ1v) is 14.2. The van der Waals surface area contributed by atoms with E-state index in [4.69, 9.17) is 9.84 Å². The fourth-order valence-corrected chi connectivity index (χ4v) is 5.64. The summed E-state index contributed by atoms with van der Waals surface area (Å²) in [4.78, 5) is 42.7. The molecular weight excluding hydrogens is 551 g/mol. The molecule has 0 atom stereocenters. The lowest BCUT2D eigenvalue weighted by Gasteiger charge is -2.26. The van der Waals surface area contributed by atoms with Gasteiger partial charge in [0.25, 0.3) is 5.56 Å². The Morgan fingerprint density at radius 3 is 2.46 bits per heavy atom. The summed E-state index contributed by atoms with van der Waals surface area (Å²) >= 11 is 1.21. The number of methoxy groups -OCH3 is 1. The van der Waals surface area contributed by atoms with Crippen molar-refractivity contribution in [2.24, 2.45) is 0 Å². The second-order valence-corrected chi connectivity index (χ2v) is 11.7. The maximum atomic E-state index is 14.0. The monoisotopic (exact) mass is 586 g/mol. The first kappa shape index (κ1) is 30.1. The summed E-state index contributed by atoms with van der Waals surface area (Å²) in [5, 5.41) is 20.2. The number of nitrogens with zero attached hydrogens (tertiary/aromatic N) is 5. The van der Waals surface area contributed by atoms with Gasteiger partial charge in [0, 0.05) is 24.3 Å². The Balaban J connectivity index is 0.000000909. The second kappa shape index (κ2) is 12.0. The van der Waals surface area contributed by atoms with Gasteiger partial charge in [0.05, 0.1) is 24.9 Å². The fourth-order valence-electron chi connectivity index (χ4n) is 4.40. The van der Waals surface area contributed by atoms with Crippen molar-refractivity contribution >= 4 is 27.5 Å². The normalized spacial score (nSPS) is 13.3. The molecule has 41 heavy (non-hydrogen) atoms. The quantitative estimate of drug-likeness (QED) is 0.324. The molecule has 1 aromatic carbocycles. The minimum Gasteiger partial charge on any atom is -0.496 e. The van der Waals surface area contributed by atoms with Crippen LogP contribution in [0.2, 0.25) is 0 Å². The average Bonchev–Trinajstić information content (AvgIpc) is 3.40. The van der Waals surface area contributed by atoms with Gasteiger partial charge in [-0.2, -0.15) is 10.2 Å². The van der Waals surface area contributed by atoms with E-state index in [-0.39, 0.29) is 25.1 Å². The van der Waals surface area contributed by atoms with Gasteiger partial charge in [0.2, 0.25) is 5.91 Å². The molecule has 11 nitrogen and oxygen atoms in total. The second-order valence-electron chi connectivity index (χ2n) is 10.7. The van der Waals surface area contributed by atoms with Crippen molar-refractivity contribution in [3.05, 3.63) is 68.4 Å². The van der Waals surface area contributed by atoms with E-state index in [9.17, 15) is 18.8 Å². The van der Waals surface area contributed by atoms with Crippen molar-refractivity contribution in [1.29, 1.82) is 0 Å². The highest BCUT2D eigenvalue weighted by atomic mass is 32.1. The van der Waals surface area contributed by atoms with Crippen LogP contribution in [0.25, 0.3) is 15.2 Å². The Morgan fingerprint density at radius 1 is 1.24 bits per heavy atom. The van der Waals surface area contributed by atoms with E-state index in [0.29, 0.717) is 32.1 Å². The zero-order valence-corrected chi connectivity index (χ0v) is 24.8. The molecule has 2 N–H and O–H groups in total. The third-order valence-electron chi connectivity index (χ3n) is 6.66. The van der Waals surface area contributed by atoms with Crippen molar-refractivity contribution < 1.29 is 19.0 Å². The molecule has 0 bridgehead atoms. The molecule has 220 valence electrons. The molecule has 3 heterocycles. The number of halogens is 1. The van der Waals surface area contributed by atoms with Gasteiger partial charge in [-0.15, -0.1) is 4.80 Å². The van der Waals surface area contributed by atoms with Crippen LogP contribution in [-0.4, -0.2) is 54.4 Å². The molecule has 0 unspecified atom stereocenters. The Bertz CT molecular complexity index is 1670. The van der Waals surface area contributed by atoms with Crippen LogP contribution in [0.3, 0.4) is 0 Å². The van der Waals surface area contributed by atoms with Gasteiger partial charge in [0.15, 0.2) is 0 Å². The van der Waals surface area contributed by atoms with E-state index in [2.05, 4.69) is 15.5 Å². The minimum absolute atomic E-state index is 0.0641. The van der Waals surface area contributed by atoms with E-state index in [0.717, 1.165) is 17.4 Å². The van der Waals surface area contributed by atoms with E-state index >= 15 is 0 Å². The van der Waals surface area contributed by atoms with Crippen LogP contribution in [-0.2, 0) is 23.3 Å². The molecule has 0 spiro atoms. The predicted octanol–water partition coefficient (Wildman–Crippen LogP) is 2.91. The number of aliphatic hydroxyl groups is 1. The van der Waals surface area contributed by atoms with Crippen LogP contribution < -0.4 is 21.3 Å². The fraction of sp³-hybridized carbons (Fsp3) is 0.464. The van der Waals surface area contributed by atoms with Crippen molar-refractivity contribution in [2.75, 3.05) is 7.11 Å². The van der Waals surface area contributed by atoms with Crippen molar-refractivity contribution in [1.82, 2.24) is 29.4 Å². The van der Waals surface area contributed by atoms with Gasteiger partial charge < -0.3 is 15.2 Å². The molecule has 3 aromatic heterocycles. The topological polar surface area (TPSA) is 133 Å². The predicted molar refractivity (Wildman–Crippen MR) is 154 cm³/mol. The molecule has 0 saturated heterocycles. The molecule has 1 aliphatic rings. The molecule has 1 aliphatic carbocycles. The molecule has 1 saturated carbocycles. The summed E-state index contributed by atoms with van der Waals surface area (Å²) in [6.07, 6.45) is 4.89.